The monoisotopic (exact) mass is 327 g/mol. The van der Waals surface area contributed by atoms with Crippen LogP contribution in [0.2, 0.25) is 0 Å². The van der Waals surface area contributed by atoms with Crippen LogP contribution >= 0.6 is 0 Å². The first kappa shape index (κ1) is 15.7. The third-order valence-corrected chi connectivity index (χ3v) is 5.84. The summed E-state index contributed by atoms with van der Waals surface area (Å²) in [4.78, 5) is 0. The standard InChI is InChI=1S/C15H21NO5S/c1-20-13-5-3-4-11(6-13)12-7-15(21-9-12)10-16(8-14(15)17)22(2,18)19/h3-6,12,14,17H,7-10H2,1-2H3/t12-,14+,15+/m0/s1. The molecule has 2 heterocycles. The van der Waals surface area contributed by atoms with E-state index in [-0.39, 0.29) is 19.0 Å². The normalized spacial score (nSPS) is 32.7. The lowest BCUT2D eigenvalue weighted by Gasteiger charge is -2.25. The average Bonchev–Trinajstić information content (AvgIpc) is 3.05. The molecule has 2 aliphatic rings. The molecule has 2 fully saturated rings. The number of ether oxygens (including phenoxy) is 2. The molecule has 0 unspecified atom stereocenters. The van der Waals surface area contributed by atoms with Gasteiger partial charge in [-0.05, 0) is 24.1 Å². The minimum atomic E-state index is -3.32. The van der Waals surface area contributed by atoms with E-state index in [4.69, 9.17) is 9.47 Å². The van der Waals surface area contributed by atoms with Crippen molar-refractivity contribution in [3.63, 3.8) is 0 Å². The van der Waals surface area contributed by atoms with E-state index < -0.39 is 21.7 Å². The Labute approximate surface area is 130 Å². The molecular weight excluding hydrogens is 306 g/mol. The SMILES string of the molecule is COc1cccc([C@@H]2CO[C@]3(C2)CN(S(C)(=O)=O)C[C@H]3O)c1. The van der Waals surface area contributed by atoms with Crippen LogP contribution in [0.15, 0.2) is 24.3 Å². The Bertz CT molecular complexity index is 662. The van der Waals surface area contributed by atoms with Crippen LogP contribution in [0.4, 0.5) is 0 Å². The molecule has 0 aliphatic carbocycles. The Hall–Kier alpha value is -1.15. The molecular formula is C15H21NO5S. The lowest BCUT2D eigenvalue weighted by atomic mass is 9.87. The lowest BCUT2D eigenvalue weighted by molar-refractivity contribution is -0.0587. The second-order valence-corrected chi connectivity index (χ2v) is 8.11. The van der Waals surface area contributed by atoms with Crippen molar-refractivity contribution in [3.05, 3.63) is 29.8 Å². The first-order valence-electron chi connectivity index (χ1n) is 7.25. The van der Waals surface area contributed by atoms with Gasteiger partial charge >= 0.3 is 0 Å². The van der Waals surface area contributed by atoms with E-state index in [0.717, 1.165) is 17.6 Å². The molecule has 0 bridgehead atoms. The number of nitrogens with zero attached hydrogens (tertiary/aromatic N) is 1. The van der Waals surface area contributed by atoms with Crippen LogP contribution < -0.4 is 4.74 Å². The van der Waals surface area contributed by atoms with Gasteiger partial charge in [0.15, 0.2) is 0 Å². The third kappa shape index (κ3) is 2.74. The second-order valence-electron chi connectivity index (χ2n) is 6.12. The molecule has 1 aromatic rings. The highest BCUT2D eigenvalue weighted by molar-refractivity contribution is 7.88. The predicted molar refractivity (Wildman–Crippen MR) is 81.5 cm³/mol. The van der Waals surface area contributed by atoms with Crippen molar-refractivity contribution < 1.29 is 23.0 Å². The maximum Gasteiger partial charge on any atom is 0.211 e. The van der Waals surface area contributed by atoms with Gasteiger partial charge < -0.3 is 14.6 Å². The molecule has 2 aliphatic heterocycles. The molecule has 0 saturated carbocycles. The Morgan fingerprint density at radius 1 is 1.45 bits per heavy atom. The molecule has 0 aromatic heterocycles. The molecule has 122 valence electrons. The van der Waals surface area contributed by atoms with Gasteiger partial charge in [-0.1, -0.05) is 12.1 Å². The zero-order valence-electron chi connectivity index (χ0n) is 12.7. The molecule has 0 radical (unpaired) electrons. The summed E-state index contributed by atoms with van der Waals surface area (Å²) in [5.41, 5.74) is 0.290. The number of sulfonamides is 1. The average molecular weight is 327 g/mol. The Kier molecular flexibility index (Phi) is 3.92. The lowest BCUT2D eigenvalue weighted by Crippen LogP contribution is -2.41. The summed E-state index contributed by atoms with van der Waals surface area (Å²) in [7, 11) is -1.70. The van der Waals surface area contributed by atoms with Crippen molar-refractivity contribution in [1.29, 1.82) is 0 Å². The van der Waals surface area contributed by atoms with E-state index in [1.165, 1.54) is 4.31 Å². The summed E-state index contributed by atoms with van der Waals surface area (Å²) < 4.78 is 35.8. The first-order chi connectivity index (χ1) is 10.3. The molecule has 6 nitrogen and oxygen atoms in total. The summed E-state index contributed by atoms with van der Waals surface area (Å²) in [5, 5.41) is 10.3. The zero-order valence-corrected chi connectivity index (χ0v) is 13.5. The number of hydrogen-bond donors (Lipinski definition) is 1. The van der Waals surface area contributed by atoms with Crippen LogP contribution in [0, 0.1) is 0 Å². The van der Waals surface area contributed by atoms with Gasteiger partial charge in [-0.25, -0.2) is 8.42 Å². The highest BCUT2D eigenvalue weighted by Crippen LogP contribution is 2.43. The Morgan fingerprint density at radius 2 is 2.23 bits per heavy atom. The Morgan fingerprint density at radius 3 is 2.86 bits per heavy atom. The highest BCUT2D eigenvalue weighted by atomic mass is 32.2. The number of aliphatic hydroxyl groups excluding tert-OH is 1. The summed E-state index contributed by atoms with van der Waals surface area (Å²) in [6, 6.07) is 7.77. The van der Waals surface area contributed by atoms with E-state index in [2.05, 4.69) is 0 Å². The van der Waals surface area contributed by atoms with Gasteiger partial charge in [-0.3, -0.25) is 0 Å². The van der Waals surface area contributed by atoms with E-state index in [1.54, 1.807) is 7.11 Å². The Balaban J connectivity index is 1.79. The minimum Gasteiger partial charge on any atom is -0.497 e. The summed E-state index contributed by atoms with van der Waals surface area (Å²) in [6.07, 6.45) is 0.971. The number of methoxy groups -OCH3 is 1. The quantitative estimate of drug-likeness (QED) is 0.878. The van der Waals surface area contributed by atoms with Crippen molar-refractivity contribution in [1.82, 2.24) is 4.31 Å². The van der Waals surface area contributed by atoms with Gasteiger partial charge in [-0.15, -0.1) is 0 Å². The molecule has 0 amide bonds. The largest absolute Gasteiger partial charge is 0.497 e. The molecule has 3 rings (SSSR count). The number of rotatable bonds is 3. The van der Waals surface area contributed by atoms with E-state index in [9.17, 15) is 13.5 Å². The van der Waals surface area contributed by atoms with Gasteiger partial charge in [-0.2, -0.15) is 4.31 Å². The van der Waals surface area contributed by atoms with Crippen LogP contribution in [0.1, 0.15) is 17.9 Å². The maximum atomic E-state index is 11.7. The van der Waals surface area contributed by atoms with E-state index in [1.807, 2.05) is 24.3 Å². The van der Waals surface area contributed by atoms with Crippen LogP contribution in [0.25, 0.3) is 0 Å². The van der Waals surface area contributed by atoms with E-state index >= 15 is 0 Å². The van der Waals surface area contributed by atoms with E-state index in [0.29, 0.717) is 13.0 Å². The molecule has 2 saturated heterocycles. The van der Waals surface area contributed by atoms with Crippen LogP contribution in [0.5, 0.6) is 5.75 Å². The topological polar surface area (TPSA) is 76.1 Å². The first-order valence-corrected chi connectivity index (χ1v) is 9.10. The summed E-state index contributed by atoms with van der Waals surface area (Å²) in [6.45, 7) is 0.791. The molecule has 22 heavy (non-hydrogen) atoms. The minimum absolute atomic E-state index is 0.101. The fraction of sp³-hybridized carbons (Fsp3) is 0.600. The molecule has 1 N–H and O–H groups in total. The van der Waals surface area contributed by atoms with Crippen LogP contribution in [-0.4, -0.2) is 62.6 Å². The molecule has 7 heteroatoms. The third-order valence-electron chi connectivity index (χ3n) is 4.63. The predicted octanol–water partition coefficient (Wildman–Crippen LogP) is 0.574. The van der Waals surface area contributed by atoms with Crippen molar-refractivity contribution in [2.24, 2.45) is 0 Å². The van der Waals surface area contributed by atoms with Gasteiger partial charge in [0.2, 0.25) is 10.0 Å². The number of β-amino-alcohol motifs (C(OH)–C–C–N with tert-alkyl or cyclic N) is 1. The van der Waals surface area contributed by atoms with Gasteiger partial charge in [0.05, 0.1) is 26.1 Å². The number of aliphatic hydroxyl groups is 1. The number of hydrogen-bond acceptors (Lipinski definition) is 5. The van der Waals surface area contributed by atoms with Gasteiger partial charge in [0.25, 0.3) is 0 Å². The summed E-state index contributed by atoms with van der Waals surface area (Å²) >= 11 is 0. The van der Waals surface area contributed by atoms with Gasteiger partial charge in [0.1, 0.15) is 11.4 Å². The zero-order chi connectivity index (χ0) is 16.0. The summed E-state index contributed by atoms with van der Waals surface area (Å²) in [5.74, 6) is 0.910. The van der Waals surface area contributed by atoms with Crippen LogP contribution in [0.3, 0.4) is 0 Å². The molecule has 1 spiro atoms. The van der Waals surface area contributed by atoms with Crippen LogP contribution in [-0.2, 0) is 14.8 Å². The van der Waals surface area contributed by atoms with Crippen molar-refractivity contribution in [2.45, 2.75) is 24.0 Å². The van der Waals surface area contributed by atoms with Crippen molar-refractivity contribution >= 4 is 10.0 Å². The second kappa shape index (κ2) is 5.49. The fourth-order valence-electron chi connectivity index (χ4n) is 3.33. The highest BCUT2D eigenvalue weighted by Gasteiger charge is 2.54. The molecule has 3 atom stereocenters. The number of benzene rings is 1. The van der Waals surface area contributed by atoms with Crippen molar-refractivity contribution in [2.75, 3.05) is 33.1 Å². The fourth-order valence-corrected chi connectivity index (χ4v) is 4.20. The maximum absolute atomic E-state index is 11.7. The van der Waals surface area contributed by atoms with Crippen molar-refractivity contribution in [3.8, 4) is 5.75 Å². The molecule has 1 aromatic carbocycles. The smallest absolute Gasteiger partial charge is 0.211 e. The van der Waals surface area contributed by atoms with Gasteiger partial charge in [0, 0.05) is 19.0 Å².